The molecule has 0 saturated carbocycles. The summed E-state index contributed by atoms with van der Waals surface area (Å²) in [4.78, 5) is 32.6. The van der Waals surface area contributed by atoms with Crippen LogP contribution in [0.3, 0.4) is 0 Å². The normalized spacial score (nSPS) is 14.6. The number of Topliss-reactive ketones (excluding diaryl/α,β-unsaturated/α-hetero) is 1. The predicted molar refractivity (Wildman–Crippen MR) is 157 cm³/mol. The molecule has 1 aliphatic rings. The van der Waals surface area contributed by atoms with Gasteiger partial charge in [0.2, 0.25) is 5.78 Å². The van der Waals surface area contributed by atoms with Crippen molar-refractivity contribution in [3.05, 3.63) is 94.7 Å². The molecule has 3 aromatic carbocycles. The molecule has 10 heteroatoms. The predicted octanol–water partition coefficient (Wildman–Crippen LogP) is 6.19. The minimum absolute atomic E-state index is 0.162. The number of halogens is 2. The van der Waals surface area contributed by atoms with Crippen molar-refractivity contribution in [2.24, 2.45) is 16.6 Å². The standard InChI is InChI=1S/C29H28BrFN6O2/c30-24-18-23(10-11-25(24)31)35-28(34-21-4-2-1-3-5-21)27(38)20-13-16-37(17-14-20)29(39)36-22-8-6-19(7-9-22)26(33)12-15-32/h1-12,15,18,20,32H,13-14,16-17,33H2,(H,34,35)(H,36,39). The number of nitrogens with one attached hydrogen (secondary N) is 3. The molecule has 0 radical (unpaired) electrons. The Hall–Kier alpha value is -4.31. The number of likely N-dealkylation sites (tertiary alicyclic amines) is 1. The Morgan fingerprint density at radius 1 is 1.00 bits per heavy atom. The van der Waals surface area contributed by atoms with Crippen molar-refractivity contribution in [3.8, 4) is 0 Å². The molecule has 39 heavy (non-hydrogen) atoms. The number of benzene rings is 3. The molecule has 1 aliphatic heterocycles. The van der Waals surface area contributed by atoms with Crippen LogP contribution in [0, 0.1) is 17.1 Å². The van der Waals surface area contributed by atoms with Gasteiger partial charge in [-0.15, -0.1) is 0 Å². The van der Waals surface area contributed by atoms with E-state index in [1.54, 1.807) is 53.4 Å². The number of hydrogen-bond acceptors (Lipinski definition) is 5. The minimum Gasteiger partial charge on any atom is -0.398 e. The number of amides is 2. The van der Waals surface area contributed by atoms with E-state index < -0.39 is 5.82 Å². The molecule has 8 nitrogen and oxygen atoms in total. The molecular weight excluding hydrogens is 563 g/mol. The van der Waals surface area contributed by atoms with Crippen molar-refractivity contribution in [3.63, 3.8) is 0 Å². The van der Waals surface area contributed by atoms with Crippen LogP contribution >= 0.6 is 15.9 Å². The van der Waals surface area contributed by atoms with Gasteiger partial charge in [0.05, 0.1) is 10.2 Å². The van der Waals surface area contributed by atoms with E-state index in [4.69, 9.17) is 11.1 Å². The number of carbonyl (C=O) groups excluding carboxylic acids is 2. The number of piperidine rings is 1. The highest BCUT2D eigenvalue weighted by molar-refractivity contribution is 9.10. The maximum atomic E-state index is 13.7. The van der Waals surface area contributed by atoms with E-state index in [0.717, 1.165) is 11.8 Å². The van der Waals surface area contributed by atoms with Gasteiger partial charge in [-0.3, -0.25) is 4.79 Å². The van der Waals surface area contributed by atoms with Crippen LogP contribution < -0.4 is 16.4 Å². The summed E-state index contributed by atoms with van der Waals surface area (Å²) in [6.07, 6.45) is 3.58. The van der Waals surface area contributed by atoms with Gasteiger partial charge in [0.15, 0.2) is 5.84 Å². The van der Waals surface area contributed by atoms with E-state index in [2.05, 4.69) is 31.6 Å². The number of anilines is 2. The van der Waals surface area contributed by atoms with Crippen LogP contribution in [0.15, 0.2) is 88.3 Å². The van der Waals surface area contributed by atoms with Crippen molar-refractivity contribution < 1.29 is 14.0 Å². The molecular formula is C29H28BrFN6O2. The van der Waals surface area contributed by atoms with Crippen molar-refractivity contribution >= 4 is 62.6 Å². The zero-order chi connectivity index (χ0) is 27.8. The number of nitrogens with zero attached hydrogens (tertiary/aromatic N) is 2. The molecule has 0 aromatic heterocycles. The van der Waals surface area contributed by atoms with Gasteiger partial charge in [-0.2, -0.15) is 0 Å². The van der Waals surface area contributed by atoms with Gasteiger partial charge in [0, 0.05) is 42.3 Å². The molecule has 1 fully saturated rings. The van der Waals surface area contributed by atoms with Crippen LogP contribution in [0.1, 0.15) is 18.4 Å². The molecule has 5 N–H and O–H groups in total. The number of amidine groups is 1. The summed E-state index contributed by atoms with van der Waals surface area (Å²) in [5, 5.41) is 13.1. The molecule has 0 unspecified atom stereocenters. The fraction of sp³-hybridized carbons (Fsp3) is 0.172. The quantitative estimate of drug-likeness (QED) is 0.193. The number of urea groups is 1. The van der Waals surface area contributed by atoms with Gasteiger partial charge in [-0.25, -0.2) is 14.2 Å². The number of aliphatic imine (C=N–C) groups is 1. The van der Waals surface area contributed by atoms with Gasteiger partial charge in [-0.1, -0.05) is 30.3 Å². The molecule has 0 aliphatic carbocycles. The molecule has 1 saturated heterocycles. The highest BCUT2D eigenvalue weighted by Crippen LogP contribution is 2.24. The molecule has 0 spiro atoms. The van der Waals surface area contributed by atoms with E-state index in [1.165, 1.54) is 12.1 Å². The molecule has 2 amide bonds. The van der Waals surface area contributed by atoms with E-state index in [1.807, 2.05) is 18.2 Å². The summed E-state index contributed by atoms with van der Waals surface area (Å²) in [5.41, 5.74) is 8.88. The molecule has 3 aromatic rings. The van der Waals surface area contributed by atoms with Crippen LogP contribution in [0.25, 0.3) is 5.70 Å². The van der Waals surface area contributed by atoms with Crippen LogP contribution in [-0.2, 0) is 4.79 Å². The van der Waals surface area contributed by atoms with E-state index in [9.17, 15) is 14.0 Å². The third-order valence-corrected chi connectivity index (χ3v) is 6.91. The fourth-order valence-electron chi connectivity index (χ4n) is 4.16. The minimum atomic E-state index is -0.404. The smallest absolute Gasteiger partial charge is 0.321 e. The monoisotopic (exact) mass is 590 g/mol. The third-order valence-electron chi connectivity index (χ3n) is 6.30. The second-order valence-electron chi connectivity index (χ2n) is 8.97. The first-order valence-electron chi connectivity index (χ1n) is 12.4. The highest BCUT2D eigenvalue weighted by atomic mass is 79.9. The lowest BCUT2D eigenvalue weighted by atomic mass is 9.91. The lowest BCUT2D eigenvalue weighted by molar-refractivity contribution is -0.117. The highest BCUT2D eigenvalue weighted by Gasteiger charge is 2.30. The van der Waals surface area contributed by atoms with Crippen LogP contribution in [0.5, 0.6) is 0 Å². The van der Waals surface area contributed by atoms with Crippen molar-refractivity contribution in [2.45, 2.75) is 12.8 Å². The number of allylic oxidation sites excluding steroid dienone is 1. The third kappa shape index (κ3) is 7.38. The average molecular weight is 591 g/mol. The average Bonchev–Trinajstić information content (AvgIpc) is 2.95. The second-order valence-corrected chi connectivity index (χ2v) is 9.83. The Morgan fingerprint density at radius 2 is 1.67 bits per heavy atom. The summed E-state index contributed by atoms with van der Waals surface area (Å²) in [5.74, 6) is -0.723. The van der Waals surface area contributed by atoms with E-state index in [-0.39, 0.29) is 28.0 Å². The van der Waals surface area contributed by atoms with Gasteiger partial charge < -0.3 is 26.7 Å². The number of hydrogen-bond donors (Lipinski definition) is 4. The van der Waals surface area contributed by atoms with Gasteiger partial charge >= 0.3 is 6.03 Å². The number of para-hydroxylation sites is 1. The van der Waals surface area contributed by atoms with Crippen molar-refractivity contribution in [1.29, 1.82) is 5.41 Å². The Morgan fingerprint density at radius 3 is 2.31 bits per heavy atom. The molecule has 0 bridgehead atoms. The van der Waals surface area contributed by atoms with Gasteiger partial charge in [-0.05, 0) is 82.9 Å². The van der Waals surface area contributed by atoms with Crippen molar-refractivity contribution in [2.75, 3.05) is 23.7 Å². The van der Waals surface area contributed by atoms with E-state index in [0.29, 0.717) is 48.7 Å². The topological polar surface area (TPSA) is 124 Å². The summed E-state index contributed by atoms with van der Waals surface area (Å²) in [7, 11) is 0. The molecule has 1 heterocycles. The molecule has 200 valence electrons. The van der Waals surface area contributed by atoms with Crippen molar-refractivity contribution in [1.82, 2.24) is 4.90 Å². The Bertz CT molecular complexity index is 1400. The number of nitrogens with two attached hydrogens (primary N) is 1. The SMILES string of the molecule is N=CC=C(N)c1ccc(NC(=O)N2CCC(C(=O)C(=Nc3ccccc3)Nc3ccc(F)c(Br)c3)CC2)cc1. The first kappa shape index (κ1) is 27.7. The van der Waals surface area contributed by atoms with E-state index >= 15 is 0 Å². The maximum Gasteiger partial charge on any atom is 0.321 e. The Balaban J connectivity index is 1.40. The van der Waals surface area contributed by atoms with Crippen LogP contribution in [-0.4, -0.2) is 41.9 Å². The van der Waals surface area contributed by atoms with Crippen LogP contribution in [0.4, 0.5) is 26.2 Å². The molecule has 4 rings (SSSR count). The summed E-state index contributed by atoms with van der Waals surface area (Å²) in [6.45, 7) is 0.826. The zero-order valence-electron chi connectivity index (χ0n) is 21.0. The lowest BCUT2D eigenvalue weighted by Crippen LogP contribution is -2.44. The van der Waals surface area contributed by atoms with Gasteiger partial charge in [0.1, 0.15) is 5.82 Å². The first-order chi connectivity index (χ1) is 18.8. The number of rotatable bonds is 7. The maximum absolute atomic E-state index is 13.7. The number of carbonyl (C=O) groups is 2. The zero-order valence-corrected chi connectivity index (χ0v) is 22.6. The number of ketones is 1. The molecule has 0 atom stereocenters. The second kappa shape index (κ2) is 13.0. The lowest BCUT2D eigenvalue weighted by Gasteiger charge is -2.31. The largest absolute Gasteiger partial charge is 0.398 e. The first-order valence-corrected chi connectivity index (χ1v) is 13.2. The Kier molecular flexibility index (Phi) is 9.22. The summed E-state index contributed by atoms with van der Waals surface area (Å²) < 4.78 is 14.0. The Labute approximate surface area is 234 Å². The summed E-state index contributed by atoms with van der Waals surface area (Å²) >= 11 is 3.18. The fourth-order valence-corrected chi connectivity index (χ4v) is 4.54. The summed E-state index contributed by atoms with van der Waals surface area (Å²) in [6, 6.07) is 20.3. The van der Waals surface area contributed by atoms with Crippen LogP contribution in [0.2, 0.25) is 0 Å². The van der Waals surface area contributed by atoms with Gasteiger partial charge in [0.25, 0.3) is 0 Å².